The Bertz CT molecular complexity index is 1200. The van der Waals surface area contributed by atoms with Gasteiger partial charge in [0.05, 0.1) is 0 Å². The van der Waals surface area contributed by atoms with Crippen LogP contribution in [0.4, 0.5) is 0 Å². The molecular weight excluding hydrogens is 338 g/mol. The van der Waals surface area contributed by atoms with E-state index >= 15 is 0 Å². The van der Waals surface area contributed by atoms with Gasteiger partial charge in [0, 0.05) is 22.3 Å². The zero-order valence-electron chi connectivity index (χ0n) is 14.6. The highest BCUT2D eigenvalue weighted by molar-refractivity contribution is 6.21. The lowest BCUT2D eigenvalue weighted by molar-refractivity contribution is 0.240. The Hall–Kier alpha value is -3.08. The van der Waals surface area contributed by atoms with Crippen molar-refractivity contribution in [3.8, 4) is 11.5 Å². The minimum absolute atomic E-state index is 0.0901. The summed E-state index contributed by atoms with van der Waals surface area (Å²) in [4.78, 5) is 0. The minimum atomic E-state index is -1.13. The maximum absolute atomic E-state index is 10.6. The Morgan fingerprint density at radius 1 is 0.926 bits per heavy atom. The largest absolute Gasteiger partial charge is 0.507 e. The fourth-order valence-corrected chi connectivity index (χ4v) is 4.51. The number of phenolic OH excluding ortho intramolecular Hbond substituents is 2. The highest BCUT2D eigenvalue weighted by atomic mass is 16.3. The topological polar surface area (TPSA) is 86.7 Å². The van der Waals surface area contributed by atoms with Crippen LogP contribution in [0.1, 0.15) is 17.5 Å². The standard InChI is InChI=1S/C23H19NO3/c24-23(27)16-11-12-5-1-2-6-13(12)19-14-7-3-9-17(25)21(14)22-15(20(16)19)8-4-10-18(22)26/h1-4,6-12,23,25-27H,5,24H2. The van der Waals surface area contributed by atoms with Crippen LogP contribution in [0.5, 0.6) is 11.5 Å². The number of benzene rings is 3. The average molecular weight is 357 g/mol. The molecule has 0 spiro atoms. The molecule has 0 saturated carbocycles. The van der Waals surface area contributed by atoms with Crippen molar-refractivity contribution in [1.82, 2.24) is 0 Å². The summed E-state index contributed by atoms with van der Waals surface area (Å²) in [5.74, 6) is 0.331. The number of hydrogen-bond donors (Lipinski definition) is 4. The summed E-state index contributed by atoms with van der Waals surface area (Å²) in [5, 5.41) is 34.4. The van der Waals surface area contributed by atoms with Crippen molar-refractivity contribution in [1.29, 1.82) is 0 Å². The summed E-state index contributed by atoms with van der Waals surface area (Å²) in [7, 11) is 0. The van der Waals surface area contributed by atoms with Crippen LogP contribution in [0.15, 0.2) is 60.7 Å². The summed E-state index contributed by atoms with van der Waals surface area (Å²) in [6.45, 7) is 0. The zero-order valence-corrected chi connectivity index (χ0v) is 14.6. The molecule has 5 N–H and O–H groups in total. The number of allylic oxidation sites excluding steroid dienone is 5. The molecule has 2 unspecified atom stereocenters. The predicted octanol–water partition coefficient (Wildman–Crippen LogP) is 4.04. The van der Waals surface area contributed by atoms with Crippen LogP contribution >= 0.6 is 0 Å². The van der Waals surface area contributed by atoms with Gasteiger partial charge in [0.1, 0.15) is 17.7 Å². The lowest BCUT2D eigenvalue weighted by Crippen LogP contribution is -2.25. The minimum Gasteiger partial charge on any atom is -0.507 e. The van der Waals surface area contributed by atoms with E-state index in [0.29, 0.717) is 16.3 Å². The number of aromatic hydroxyl groups is 2. The van der Waals surface area contributed by atoms with Crippen LogP contribution < -0.4 is 5.73 Å². The van der Waals surface area contributed by atoms with Gasteiger partial charge in [-0.3, -0.25) is 0 Å². The number of phenols is 2. The van der Waals surface area contributed by atoms with E-state index in [1.807, 2.05) is 24.3 Å². The van der Waals surface area contributed by atoms with Crippen LogP contribution in [0, 0.1) is 5.92 Å². The molecule has 0 amide bonds. The average Bonchev–Trinajstić information content (AvgIpc) is 2.67. The van der Waals surface area contributed by atoms with E-state index in [0.717, 1.165) is 33.9 Å². The molecule has 3 aromatic rings. The zero-order chi connectivity index (χ0) is 18.7. The summed E-state index contributed by atoms with van der Waals surface area (Å²) < 4.78 is 0. The lowest BCUT2D eigenvalue weighted by Gasteiger charge is -2.32. The molecule has 0 aliphatic heterocycles. The van der Waals surface area contributed by atoms with Crippen LogP contribution in [0.2, 0.25) is 0 Å². The van der Waals surface area contributed by atoms with E-state index in [1.165, 1.54) is 0 Å². The number of aliphatic hydroxyl groups is 1. The van der Waals surface area contributed by atoms with E-state index in [4.69, 9.17) is 5.73 Å². The number of rotatable bonds is 1. The molecule has 0 heterocycles. The Kier molecular flexibility index (Phi) is 3.41. The van der Waals surface area contributed by atoms with Gasteiger partial charge in [-0.15, -0.1) is 0 Å². The van der Waals surface area contributed by atoms with Crippen molar-refractivity contribution in [2.75, 3.05) is 0 Å². The quantitative estimate of drug-likeness (QED) is 0.391. The molecule has 0 bridgehead atoms. The highest BCUT2D eigenvalue weighted by Gasteiger charge is 2.31. The molecule has 5 rings (SSSR count). The van der Waals surface area contributed by atoms with E-state index < -0.39 is 6.23 Å². The van der Waals surface area contributed by atoms with Gasteiger partial charge in [0.15, 0.2) is 0 Å². The van der Waals surface area contributed by atoms with Gasteiger partial charge >= 0.3 is 0 Å². The molecule has 27 heavy (non-hydrogen) atoms. The summed E-state index contributed by atoms with van der Waals surface area (Å²) in [6, 6.07) is 10.7. The molecule has 2 atom stereocenters. The van der Waals surface area contributed by atoms with Crippen molar-refractivity contribution < 1.29 is 15.3 Å². The van der Waals surface area contributed by atoms with Gasteiger partial charge in [-0.05, 0) is 46.0 Å². The normalized spacial score (nSPS) is 19.4. The number of aliphatic hydroxyl groups excluding tert-OH is 1. The Morgan fingerprint density at radius 2 is 1.56 bits per heavy atom. The van der Waals surface area contributed by atoms with Gasteiger partial charge in [-0.1, -0.05) is 48.6 Å². The summed E-state index contributed by atoms with van der Waals surface area (Å²) >= 11 is 0. The van der Waals surface area contributed by atoms with Crippen LogP contribution in [0.25, 0.3) is 32.7 Å². The van der Waals surface area contributed by atoms with Gasteiger partial charge in [0.25, 0.3) is 0 Å². The molecule has 0 aromatic heterocycles. The van der Waals surface area contributed by atoms with Crippen molar-refractivity contribution in [3.63, 3.8) is 0 Å². The van der Waals surface area contributed by atoms with Gasteiger partial charge in [0.2, 0.25) is 0 Å². The first-order valence-corrected chi connectivity index (χ1v) is 9.00. The third-order valence-electron chi connectivity index (χ3n) is 5.60. The molecule has 0 saturated heterocycles. The second kappa shape index (κ2) is 5.71. The highest BCUT2D eigenvalue weighted by Crippen LogP contribution is 2.50. The second-order valence-corrected chi connectivity index (χ2v) is 7.11. The van der Waals surface area contributed by atoms with Crippen LogP contribution in [-0.2, 0) is 0 Å². The SMILES string of the molecule is NC(O)C1=CC2CC=CC=C2c2c1c1cccc(O)c1c1c(O)cccc21. The van der Waals surface area contributed by atoms with E-state index in [1.54, 1.807) is 24.3 Å². The molecule has 0 fully saturated rings. The maximum Gasteiger partial charge on any atom is 0.128 e. The Balaban J connectivity index is 2.09. The molecule has 3 aromatic carbocycles. The van der Waals surface area contributed by atoms with Crippen molar-refractivity contribution in [3.05, 3.63) is 71.8 Å². The van der Waals surface area contributed by atoms with E-state index in [9.17, 15) is 15.3 Å². The predicted molar refractivity (Wildman–Crippen MR) is 108 cm³/mol. The van der Waals surface area contributed by atoms with Gasteiger partial charge in [-0.2, -0.15) is 0 Å². The molecule has 4 heteroatoms. The van der Waals surface area contributed by atoms with Crippen LogP contribution in [-0.4, -0.2) is 21.5 Å². The van der Waals surface area contributed by atoms with Gasteiger partial charge < -0.3 is 21.1 Å². The number of hydrogen-bond acceptors (Lipinski definition) is 4. The first kappa shape index (κ1) is 16.1. The van der Waals surface area contributed by atoms with Crippen molar-refractivity contribution in [2.24, 2.45) is 11.7 Å². The lowest BCUT2D eigenvalue weighted by atomic mass is 9.73. The van der Waals surface area contributed by atoms with Crippen molar-refractivity contribution in [2.45, 2.75) is 12.6 Å². The molecular formula is C23H19NO3. The van der Waals surface area contributed by atoms with Crippen molar-refractivity contribution >= 4 is 32.7 Å². The fourth-order valence-electron chi connectivity index (χ4n) is 4.51. The summed E-state index contributed by atoms with van der Waals surface area (Å²) in [5.41, 5.74) is 9.53. The molecule has 134 valence electrons. The first-order chi connectivity index (χ1) is 13.1. The molecule has 2 aliphatic carbocycles. The number of fused-ring (bicyclic) bond motifs is 8. The summed E-state index contributed by atoms with van der Waals surface area (Å²) in [6.07, 6.45) is 7.95. The van der Waals surface area contributed by atoms with Gasteiger partial charge in [-0.25, -0.2) is 0 Å². The third kappa shape index (κ3) is 2.17. The monoisotopic (exact) mass is 357 g/mol. The first-order valence-electron chi connectivity index (χ1n) is 9.00. The van der Waals surface area contributed by atoms with E-state index in [-0.39, 0.29) is 17.4 Å². The second-order valence-electron chi connectivity index (χ2n) is 7.11. The van der Waals surface area contributed by atoms with E-state index in [2.05, 4.69) is 12.2 Å². The Labute approximate surface area is 156 Å². The third-order valence-corrected chi connectivity index (χ3v) is 5.60. The Morgan fingerprint density at radius 3 is 2.19 bits per heavy atom. The number of nitrogens with two attached hydrogens (primary N) is 1. The molecule has 2 aliphatic rings. The maximum atomic E-state index is 10.6. The fraction of sp³-hybridized carbons (Fsp3) is 0.130. The smallest absolute Gasteiger partial charge is 0.128 e. The molecule has 4 nitrogen and oxygen atoms in total. The van der Waals surface area contributed by atoms with Crippen LogP contribution in [0.3, 0.4) is 0 Å². The molecule has 0 radical (unpaired) electrons.